The fraction of sp³-hybridized carbons (Fsp3) is 0.357. The number of rotatable bonds is 7. The second kappa shape index (κ2) is 7.39. The highest BCUT2D eigenvalue weighted by Crippen LogP contribution is 2.21. The Morgan fingerprint density at radius 2 is 1.57 bits per heavy atom. The predicted octanol–water partition coefficient (Wildman–Crippen LogP) is 0.320. The van der Waals surface area contributed by atoms with Crippen LogP contribution in [0.2, 0.25) is 0 Å². The molecular weight excluding hydrogens is 276 g/mol. The number of nitrogens with zero attached hydrogens (tertiary/aromatic N) is 1. The number of carboxylic acid groups (broad SMARTS) is 2. The SMILES string of the molecule is CC(C(=O)N(CC(=O)O)CC(=O)O)C(N)c1ccccc1. The van der Waals surface area contributed by atoms with E-state index in [1.54, 1.807) is 31.2 Å². The minimum absolute atomic E-state index is 0.601. The Morgan fingerprint density at radius 3 is 2.00 bits per heavy atom. The summed E-state index contributed by atoms with van der Waals surface area (Å²) in [6.07, 6.45) is 0. The minimum atomic E-state index is -1.27. The Hall–Kier alpha value is -2.41. The highest BCUT2D eigenvalue weighted by Gasteiger charge is 2.29. The van der Waals surface area contributed by atoms with Gasteiger partial charge in [-0.3, -0.25) is 14.4 Å². The molecule has 114 valence electrons. The molecule has 0 spiro atoms. The monoisotopic (exact) mass is 294 g/mol. The average molecular weight is 294 g/mol. The zero-order valence-electron chi connectivity index (χ0n) is 11.6. The first kappa shape index (κ1) is 16.6. The van der Waals surface area contributed by atoms with Gasteiger partial charge in [0.25, 0.3) is 0 Å². The molecule has 1 aromatic rings. The van der Waals surface area contributed by atoms with Crippen LogP contribution in [0, 0.1) is 5.92 Å². The number of hydrogen-bond donors (Lipinski definition) is 3. The van der Waals surface area contributed by atoms with Gasteiger partial charge in [-0.15, -0.1) is 0 Å². The third-order valence-electron chi connectivity index (χ3n) is 3.08. The van der Waals surface area contributed by atoms with Crippen LogP contribution < -0.4 is 5.73 Å². The Balaban J connectivity index is 2.86. The van der Waals surface area contributed by atoms with Crippen molar-refractivity contribution >= 4 is 17.8 Å². The van der Waals surface area contributed by atoms with Gasteiger partial charge in [0.1, 0.15) is 13.1 Å². The molecule has 21 heavy (non-hydrogen) atoms. The van der Waals surface area contributed by atoms with E-state index in [0.29, 0.717) is 0 Å². The van der Waals surface area contributed by atoms with Crippen molar-refractivity contribution in [3.8, 4) is 0 Å². The molecule has 7 nitrogen and oxygen atoms in total. The third-order valence-corrected chi connectivity index (χ3v) is 3.08. The summed E-state index contributed by atoms with van der Waals surface area (Å²) in [7, 11) is 0. The smallest absolute Gasteiger partial charge is 0.323 e. The fourth-order valence-electron chi connectivity index (χ4n) is 1.94. The van der Waals surface area contributed by atoms with Gasteiger partial charge in [-0.25, -0.2) is 0 Å². The molecule has 0 fully saturated rings. The van der Waals surface area contributed by atoms with E-state index >= 15 is 0 Å². The van der Waals surface area contributed by atoms with Crippen LogP contribution >= 0.6 is 0 Å². The Morgan fingerprint density at radius 1 is 1.10 bits per heavy atom. The first-order valence-corrected chi connectivity index (χ1v) is 6.35. The quantitative estimate of drug-likeness (QED) is 0.666. The molecule has 1 aromatic carbocycles. The summed E-state index contributed by atoms with van der Waals surface area (Å²) in [6.45, 7) is 0.213. The lowest BCUT2D eigenvalue weighted by molar-refractivity contribution is -0.151. The zero-order chi connectivity index (χ0) is 16.0. The molecule has 0 radical (unpaired) electrons. The third kappa shape index (κ3) is 4.88. The van der Waals surface area contributed by atoms with Crippen LogP contribution in [0.4, 0.5) is 0 Å². The van der Waals surface area contributed by atoms with Gasteiger partial charge in [0, 0.05) is 6.04 Å². The predicted molar refractivity (Wildman–Crippen MR) is 74.4 cm³/mol. The fourth-order valence-corrected chi connectivity index (χ4v) is 1.94. The maximum Gasteiger partial charge on any atom is 0.323 e. The van der Waals surface area contributed by atoms with Crippen molar-refractivity contribution in [1.82, 2.24) is 4.90 Å². The van der Waals surface area contributed by atoms with Gasteiger partial charge in [-0.05, 0) is 5.56 Å². The maximum absolute atomic E-state index is 12.2. The number of carbonyl (C=O) groups is 3. The largest absolute Gasteiger partial charge is 0.480 e. The number of aliphatic carboxylic acids is 2. The lowest BCUT2D eigenvalue weighted by Crippen LogP contribution is -2.44. The molecule has 0 aromatic heterocycles. The molecule has 7 heteroatoms. The average Bonchev–Trinajstić information content (AvgIpc) is 2.44. The van der Waals surface area contributed by atoms with Crippen molar-refractivity contribution in [1.29, 1.82) is 0 Å². The first-order valence-electron chi connectivity index (χ1n) is 6.35. The topological polar surface area (TPSA) is 121 Å². The second-order valence-corrected chi connectivity index (χ2v) is 4.71. The van der Waals surface area contributed by atoms with Crippen LogP contribution in [0.5, 0.6) is 0 Å². The van der Waals surface area contributed by atoms with Gasteiger partial charge >= 0.3 is 11.9 Å². The van der Waals surface area contributed by atoms with Crippen molar-refractivity contribution in [2.24, 2.45) is 11.7 Å². The van der Waals surface area contributed by atoms with Crippen LogP contribution in [0.25, 0.3) is 0 Å². The van der Waals surface area contributed by atoms with Crippen LogP contribution in [0.3, 0.4) is 0 Å². The normalized spacial score (nSPS) is 13.2. The second-order valence-electron chi connectivity index (χ2n) is 4.71. The van der Waals surface area contributed by atoms with Gasteiger partial charge < -0.3 is 20.8 Å². The van der Waals surface area contributed by atoms with Crippen molar-refractivity contribution in [2.75, 3.05) is 13.1 Å². The highest BCUT2D eigenvalue weighted by atomic mass is 16.4. The Bertz CT molecular complexity index is 501. The molecule has 0 saturated carbocycles. The molecule has 0 aliphatic carbocycles. The number of benzene rings is 1. The van der Waals surface area contributed by atoms with E-state index in [2.05, 4.69) is 0 Å². The van der Waals surface area contributed by atoms with E-state index in [1.165, 1.54) is 0 Å². The number of carbonyl (C=O) groups excluding carboxylic acids is 1. The van der Waals surface area contributed by atoms with E-state index in [1.807, 2.05) is 6.07 Å². The molecule has 0 aliphatic rings. The van der Waals surface area contributed by atoms with E-state index in [0.717, 1.165) is 10.5 Å². The maximum atomic E-state index is 12.2. The molecule has 2 unspecified atom stereocenters. The van der Waals surface area contributed by atoms with E-state index in [-0.39, 0.29) is 0 Å². The van der Waals surface area contributed by atoms with E-state index < -0.39 is 42.9 Å². The van der Waals surface area contributed by atoms with Crippen molar-refractivity contribution < 1.29 is 24.6 Å². The molecule has 0 heterocycles. The number of hydrogen-bond acceptors (Lipinski definition) is 4. The molecule has 0 saturated heterocycles. The summed E-state index contributed by atoms with van der Waals surface area (Å²) in [6, 6.07) is 8.24. The van der Waals surface area contributed by atoms with Gasteiger partial charge in [0.05, 0.1) is 5.92 Å². The highest BCUT2D eigenvalue weighted by molar-refractivity contribution is 5.86. The van der Waals surface area contributed by atoms with Gasteiger partial charge in [0.15, 0.2) is 0 Å². The van der Waals surface area contributed by atoms with Crippen molar-refractivity contribution in [3.05, 3.63) is 35.9 Å². The van der Waals surface area contributed by atoms with E-state index in [9.17, 15) is 14.4 Å². The van der Waals surface area contributed by atoms with Crippen molar-refractivity contribution in [2.45, 2.75) is 13.0 Å². The Kier molecular flexibility index (Phi) is 5.86. The lowest BCUT2D eigenvalue weighted by Gasteiger charge is -2.26. The van der Waals surface area contributed by atoms with Gasteiger partial charge in [-0.1, -0.05) is 37.3 Å². The molecule has 0 aliphatic heterocycles. The molecule has 4 N–H and O–H groups in total. The zero-order valence-corrected chi connectivity index (χ0v) is 11.6. The Labute approximate surface area is 122 Å². The molecule has 1 amide bonds. The van der Waals surface area contributed by atoms with Gasteiger partial charge in [0.2, 0.25) is 5.91 Å². The van der Waals surface area contributed by atoms with Gasteiger partial charge in [-0.2, -0.15) is 0 Å². The summed E-state index contributed by atoms with van der Waals surface area (Å²) < 4.78 is 0. The van der Waals surface area contributed by atoms with Crippen LogP contribution in [0.1, 0.15) is 18.5 Å². The van der Waals surface area contributed by atoms with Crippen LogP contribution in [0.15, 0.2) is 30.3 Å². The summed E-state index contributed by atoms with van der Waals surface area (Å²) >= 11 is 0. The van der Waals surface area contributed by atoms with Crippen LogP contribution in [-0.2, 0) is 14.4 Å². The molecular formula is C14H18N2O5. The number of nitrogens with two attached hydrogens (primary N) is 1. The molecule has 0 bridgehead atoms. The molecule has 1 rings (SSSR count). The van der Waals surface area contributed by atoms with Crippen molar-refractivity contribution in [3.63, 3.8) is 0 Å². The lowest BCUT2D eigenvalue weighted by atomic mass is 9.94. The summed E-state index contributed by atoms with van der Waals surface area (Å²) in [4.78, 5) is 34.5. The summed E-state index contributed by atoms with van der Waals surface area (Å²) in [5.41, 5.74) is 6.72. The first-order chi connectivity index (χ1) is 9.82. The minimum Gasteiger partial charge on any atom is -0.480 e. The number of carboxylic acids is 2. The summed E-state index contributed by atoms with van der Waals surface area (Å²) in [5, 5.41) is 17.5. The number of amides is 1. The molecule has 2 atom stereocenters. The van der Waals surface area contributed by atoms with E-state index in [4.69, 9.17) is 15.9 Å². The summed E-state index contributed by atoms with van der Waals surface area (Å²) in [5.74, 6) is -3.88. The van der Waals surface area contributed by atoms with Crippen LogP contribution in [-0.4, -0.2) is 46.0 Å². The standard InChI is InChI=1S/C14H18N2O5/c1-9(13(15)10-5-3-2-4-6-10)14(21)16(7-11(17)18)8-12(19)20/h2-6,9,13H,7-8,15H2,1H3,(H,17,18)(H,19,20).